The van der Waals surface area contributed by atoms with Gasteiger partial charge in [-0.15, -0.1) is 0 Å². The first kappa shape index (κ1) is 23.1. The molecule has 2 aliphatic rings. The summed E-state index contributed by atoms with van der Waals surface area (Å²) in [7, 11) is 4.03. The second-order valence-electron chi connectivity index (χ2n) is 9.63. The second-order valence-corrected chi connectivity index (χ2v) is 9.63. The SMILES string of the molecule is CC1=CC(C)C(CNC(=O)c2cc(-c3cnn(C)c3)cc(N(C)C3CCCC3)c2C)C(=O)N1. The molecule has 4 rings (SSSR count). The minimum atomic E-state index is -0.278. The standard InChI is InChI=1S/C26H35N5O2/c1-16-10-17(2)29-26(33)23(16)14-27-25(32)22-11-19(20-13-28-30(4)15-20)12-24(18(22)3)31(5)21-8-6-7-9-21/h10-13,15-16,21,23H,6-9,14H2,1-5H3,(H,27,32)(H,29,33). The van der Waals surface area contributed by atoms with Crippen molar-refractivity contribution in [3.8, 4) is 11.1 Å². The number of aromatic nitrogens is 2. The molecular formula is C26H35N5O2. The Morgan fingerprint density at radius 1 is 1.24 bits per heavy atom. The van der Waals surface area contributed by atoms with E-state index in [1.165, 1.54) is 25.7 Å². The highest BCUT2D eigenvalue weighted by atomic mass is 16.2. The van der Waals surface area contributed by atoms with E-state index in [9.17, 15) is 9.59 Å². The predicted octanol–water partition coefficient (Wildman–Crippen LogP) is 3.79. The van der Waals surface area contributed by atoms with Crippen LogP contribution in [0.4, 0.5) is 5.69 Å². The first-order valence-electron chi connectivity index (χ1n) is 11.9. The van der Waals surface area contributed by atoms with Crippen LogP contribution in [-0.4, -0.2) is 41.2 Å². The molecule has 2 amide bonds. The van der Waals surface area contributed by atoms with Crippen molar-refractivity contribution in [2.75, 3.05) is 18.5 Å². The first-order valence-corrected chi connectivity index (χ1v) is 11.9. The Morgan fingerprint density at radius 3 is 2.61 bits per heavy atom. The van der Waals surface area contributed by atoms with E-state index < -0.39 is 0 Å². The molecule has 2 N–H and O–H groups in total. The lowest BCUT2D eigenvalue weighted by Gasteiger charge is -2.30. The Labute approximate surface area is 196 Å². The van der Waals surface area contributed by atoms with Gasteiger partial charge in [0.1, 0.15) is 0 Å². The number of rotatable bonds is 6. The lowest BCUT2D eigenvalue weighted by atomic mass is 9.89. The second kappa shape index (κ2) is 9.41. The van der Waals surface area contributed by atoms with E-state index in [2.05, 4.69) is 33.7 Å². The van der Waals surface area contributed by atoms with Gasteiger partial charge >= 0.3 is 0 Å². The highest BCUT2D eigenvalue weighted by Gasteiger charge is 2.29. The molecule has 1 aromatic carbocycles. The molecule has 0 radical (unpaired) electrons. The maximum absolute atomic E-state index is 13.4. The molecule has 7 heteroatoms. The van der Waals surface area contributed by atoms with Crippen molar-refractivity contribution >= 4 is 17.5 Å². The zero-order chi connectivity index (χ0) is 23.7. The third kappa shape index (κ3) is 4.82. The Balaban J connectivity index is 1.63. The molecule has 1 aromatic heterocycles. The summed E-state index contributed by atoms with van der Waals surface area (Å²) in [6, 6.07) is 4.61. The zero-order valence-electron chi connectivity index (χ0n) is 20.3. The average molecular weight is 450 g/mol. The summed E-state index contributed by atoms with van der Waals surface area (Å²) in [5.41, 5.74) is 5.51. The molecule has 7 nitrogen and oxygen atoms in total. The number of amides is 2. The van der Waals surface area contributed by atoms with Gasteiger partial charge < -0.3 is 15.5 Å². The topological polar surface area (TPSA) is 79.3 Å². The van der Waals surface area contributed by atoms with Gasteiger partial charge in [-0.05, 0) is 55.9 Å². The largest absolute Gasteiger partial charge is 0.371 e. The molecule has 0 saturated heterocycles. The van der Waals surface area contributed by atoms with E-state index in [0.29, 0.717) is 18.2 Å². The predicted molar refractivity (Wildman–Crippen MR) is 131 cm³/mol. The van der Waals surface area contributed by atoms with Gasteiger partial charge in [0.15, 0.2) is 0 Å². The maximum atomic E-state index is 13.4. The minimum absolute atomic E-state index is 0.0368. The smallest absolute Gasteiger partial charge is 0.251 e. The van der Waals surface area contributed by atoms with E-state index in [4.69, 9.17) is 0 Å². The van der Waals surface area contributed by atoms with Gasteiger partial charge in [0.2, 0.25) is 5.91 Å². The molecule has 176 valence electrons. The van der Waals surface area contributed by atoms with E-state index >= 15 is 0 Å². The molecule has 2 heterocycles. The summed E-state index contributed by atoms with van der Waals surface area (Å²) in [5.74, 6) is -0.387. The molecule has 1 fully saturated rings. The van der Waals surface area contributed by atoms with Crippen molar-refractivity contribution in [2.24, 2.45) is 18.9 Å². The van der Waals surface area contributed by atoms with Gasteiger partial charge in [-0.25, -0.2) is 0 Å². The molecule has 33 heavy (non-hydrogen) atoms. The highest BCUT2D eigenvalue weighted by molar-refractivity contribution is 5.99. The Morgan fingerprint density at radius 2 is 1.97 bits per heavy atom. The molecular weight excluding hydrogens is 414 g/mol. The fraction of sp³-hybridized carbons (Fsp3) is 0.500. The van der Waals surface area contributed by atoms with E-state index in [0.717, 1.165) is 28.1 Å². The summed E-state index contributed by atoms with van der Waals surface area (Å²) in [6.45, 7) is 6.23. The number of anilines is 1. The van der Waals surface area contributed by atoms with Crippen molar-refractivity contribution in [1.82, 2.24) is 20.4 Å². The van der Waals surface area contributed by atoms with E-state index in [1.807, 2.05) is 52.4 Å². The first-order chi connectivity index (χ1) is 15.7. The van der Waals surface area contributed by atoms with Gasteiger partial charge in [0, 0.05) is 55.4 Å². The zero-order valence-corrected chi connectivity index (χ0v) is 20.3. The third-order valence-electron chi connectivity index (χ3n) is 7.20. The Hall–Kier alpha value is -3.09. The van der Waals surface area contributed by atoms with Crippen molar-refractivity contribution in [3.63, 3.8) is 0 Å². The van der Waals surface area contributed by atoms with Gasteiger partial charge in [-0.1, -0.05) is 25.8 Å². The van der Waals surface area contributed by atoms with E-state index in [-0.39, 0.29) is 23.7 Å². The summed E-state index contributed by atoms with van der Waals surface area (Å²) in [4.78, 5) is 28.2. The van der Waals surface area contributed by atoms with Crippen molar-refractivity contribution in [3.05, 3.63) is 47.4 Å². The molecule has 0 spiro atoms. The van der Waals surface area contributed by atoms with Crippen LogP contribution in [0.3, 0.4) is 0 Å². The van der Waals surface area contributed by atoms with Crippen LogP contribution in [0.2, 0.25) is 0 Å². The highest BCUT2D eigenvalue weighted by Crippen LogP contribution is 2.34. The van der Waals surface area contributed by atoms with Crippen LogP contribution in [0, 0.1) is 18.8 Å². The number of allylic oxidation sites excluding steroid dienone is 2. The van der Waals surface area contributed by atoms with Crippen molar-refractivity contribution in [1.29, 1.82) is 0 Å². The third-order valence-corrected chi connectivity index (χ3v) is 7.20. The van der Waals surface area contributed by atoms with Crippen LogP contribution in [0.25, 0.3) is 11.1 Å². The quantitative estimate of drug-likeness (QED) is 0.703. The fourth-order valence-corrected chi connectivity index (χ4v) is 5.18. The normalized spacial score (nSPS) is 21.0. The number of nitrogens with one attached hydrogen (secondary N) is 2. The fourth-order valence-electron chi connectivity index (χ4n) is 5.18. The molecule has 0 bridgehead atoms. The van der Waals surface area contributed by atoms with Crippen molar-refractivity contribution < 1.29 is 9.59 Å². The van der Waals surface area contributed by atoms with Gasteiger partial charge in [-0.3, -0.25) is 14.3 Å². The lowest BCUT2D eigenvalue weighted by molar-refractivity contribution is -0.125. The molecule has 2 aromatic rings. The van der Waals surface area contributed by atoms with Crippen LogP contribution in [0.15, 0.2) is 36.3 Å². The molecule has 1 saturated carbocycles. The number of benzene rings is 1. The van der Waals surface area contributed by atoms with Crippen LogP contribution in [-0.2, 0) is 11.8 Å². The van der Waals surface area contributed by atoms with Crippen LogP contribution in [0.5, 0.6) is 0 Å². The number of carbonyl (C=O) groups excluding carboxylic acids is 2. The van der Waals surface area contributed by atoms with E-state index in [1.54, 1.807) is 4.68 Å². The number of hydrogen-bond acceptors (Lipinski definition) is 4. The summed E-state index contributed by atoms with van der Waals surface area (Å²) in [6.07, 6.45) is 10.7. The average Bonchev–Trinajstić information content (AvgIpc) is 3.44. The summed E-state index contributed by atoms with van der Waals surface area (Å²) < 4.78 is 1.77. The van der Waals surface area contributed by atoms with Gasteiger partial charge in [0.05, 0.1) is 12.1 Å². The molecule has 2 unspecified atom stereocenters. The van der Waals surface area contributed by atoms with Gasteiger partial charge in [0.25, 0.3) is 5.91 Å². The minimum Gasteiger partial charge on any atom is -0.371 e. The molecule has 1 aliphatic carbocycles. The summed E-state index contributed by atoms with van der Waals surface area (Å²) >= 11 is 0. The number of nitrogens with zero attached hydrogens (tertiary/aromatic N) is 3. The number of carbonyl (C=O) groups is 2. The van der Waals surface area contributed by atoms with Gasteiger partial charge in [-0.2, -0.15) is 5.10 Å². The number of aryl methyl sites for hydroxylation is 1. The van der Waals surface area contributed by atoms with Crippen molar-refractivity contribution in [2.45, 2.75) is 52.5 Å². The summed E-state index contributed by atoms with van der Waals surface area (Å²) in [5, 5.41) is 10.2. The maximum Gasteiger partial charge on any atom is 0.251 e. The van der Waals surface area contributed by atoms with Crippen LogP contribution < -0.4 is 15.5 Å². The lowest BCUT2D eigenvalue weighted by Crippen LogP contribution is -2.44. The molecule has 2 atom stereocenters. The van der Waals surface area contributed by atoms with Crippen LogP contribution in [0.1, 0.15) is 55.5 Å². The monoisotopic (exact) mass is 449 g/mol. The Bertz CT molecular complexity index is 1080. The molecule has 1 aliphatic heterocycles. The number of hydrogen-bond donors (Lipinski definition) is 2. The van der Waals surface area contributed by atoms with Crippen LogP contribution >= 0.6 is 0 Å². The Kier molecular flexibility index (Phi) is 6.58.